The molecule has 0 aromatic heterocycles. The van der Waals surface area contributed by atoms with Gasteiger partial charge in [-0.05, 0) is 35.7 Å². The lowest BCUT2D eigenvalue weighted by Crippen LogP contribution is -2.43. The zero-order valence-electron chi connectivity index (χ0n) is 16.7. The van der Waals surface area contributed by atoms with Crippen molar-refractivity contribution in [1.82, 2.24) is 5.32 Å². The molecular formula is C23H21N3O5. The van der Waals surface area contributed by atoms with E-state index in [-0.39, 0.29) is 17.9 Å². The van der Waals surface area contributed by atoms with E-state index in [9.17, 15) is 24.8 Å². The highest BCUT2D eigenvalue weighted by Gasteiger charge is 2.25. The number of nitro groups is 1. The Morgan fingerprint density at radius 2 is 1.48 bits per heavy atom. The van der Waals surface area contributed by atoms with Crippen LogP contribution in [0.15, 0.2) is 78.9 Å². The van der Waals surface area contributed by atoms with E-state index in [1.807, 2.05) is 42.5 Å². The molecule has 31 heavy (non-hydrogen) atoms. The quantitative estimate of drug-likeness (QED) is 0.322. The molecule has 3 rings (SSSR count). The number of anilines is 1. The third-order valence-corrected chi connectivity index (χ3v) is 4.75. The fourth-order valence-corrected chi connectivity index (χ4v) is 2.94. The Labute approximate surface area is 178 Å². The Bertz CT molecular complexity index is 1080. The first-order chi connectivity index (χ1) is 14.8. The summed E-state index contributed by atoms with van der Waals surface area (Å²) in [5.41, 5.74) is 1.35. The number of nitrogens with zero attached hydrogens (tertiary/aromatic N) is 1. The van der Waals surface area contributed by atoms with Crippen molar-refractivity contribution < 1.29 is 19.6 Å². The molecule has 8 heteroatoms. The summed E-state index contributed by atoms with van der Waals surface area (Å²) < 4.78 is 0. The van der Waals surface area contributed by atoms with Crippen LogP contribution in [-0.4, -0.2) is 28.4 Å². The van der Waals surface area contributed by atoms with Crippen LogP contribution in [0.4, 0.5) is 11.4 Å². The van der Waals surface area contributed by atoms with Gasteiger partial charge in [0.15, 0.2) is 0 Å². The molecule has 3 aromatic rings. The van der Waals surface area contributed by atoms with Crippen LogP contribution in [-0.2, 0) is 15.2 Å². The maximum Gasteiger partial charge on any atom is 0.313 e. The van der Waals surface area contributed by atoms with Crippen molar-refractivity contribution in [3.05, 3.63) is 94.5 Å². The molecule has 0 aliphatic rings. The lowest BCUT2D eigenvalue weighted by atomic mass is 9.93. The number of nitro benzene ring substituents is 1. The number of non-ortho nitro benzene ring substituents is 1. The van der Waals surface area contributed by atoms with Crippen molar-refractivity contribution >= 4 is 23.2 Å². The van der Waals surface area contributed by atoms with E-state index < -0.39 is 22.3 Å². The molecule has 2 amide bonds. The first kappa shape index (κ1) is 21.7. The second kappa shape index (κ2) is 9.19. The number of carbonyl (C=O) groups excluding carboxylic acids is 2. The Morgan fingerprint density at radius 3 is 2.06 bits per heavy atom. The van der Waals surface area contributed by atoms with E-state index in [1.54, 1.807) is 19.1 Å². The number of hydrogen-bond acceptors (Lipinski definition) is 5. The summed E-state index contributed by atoms with van der Waals surface area (Å²) in [5.74, 6) is -1.87. The summed E-state index contributed by atoms with van der Waals surface area (Å²) in [5, 5.41) is 26.2. The van der Waals surface area contributed by atoms with Crippen molar-refractivity contribution in [3.63, 3.8) is 0 Å². The number of amides is 2. The molecule has 0 aliphatic heterocycles. The Balaban J connectivity index is 1.58. The summed E-state index contributed by atoms with van der Waals surface area (Å²) >= 11 is 0. The molecule has 0 fully saturated rings. The fraction of sp³-hybridized carbons (Fsp3) is 0.130. The first-order valence-electron chi connectivity index (χ1n) is 9.48. The zero-order valence-corrected chi connectivity index (χ0v) is 16.7. The summed E-state index contributed by atoms with van der Waals surface area (Å²) in [6, 6.07) is 22.2. The van der Waals surface area contributed by atoms with Crippen molar-refractivity contribution in [2.45, 2.75) is 12.5 Å². The molecule has 0 spiro atoms. The largest absolute Gasteiger partial charge is 0.384 e. The van der Waals surface area contributed by atoms with Gasteiger partial charge in [0.25, 0.3) is 5.69 Å². The van der Waals surface area contributed by atoms with Gasteiger partial charge in [-0.15, -0.1) is 0 Å². The molecule has 3 N–H and O–H groups in total. The highest BCUT2D eigenvalue weighted by atomic mass is 16.6. The molecule has 1 unspecified atom stereocenters. The smallest absolute Gasteiger partial charge is 0.313 e. The molecule has 0 heterocycles. The molecule has 0 aliphatic carbocycles. The van der Waals surface area contributed by atoms with E-state index >= 15 is 0 Å². The highest BCUT2D eigenvalue weighted by Crippen LogP contribution is 2.25. The zero-order chi connectivity index (χ0) is 22.4. The summed E-state index contributed by atoms with van der Waals surface area (Å²) in [6.07, 6.45) is 0. The minimum Gasteiger partial charge on any atom is -0.384 e. The third kappa shape index (κ3) is 5.52. The van der Waals surface area contributed by atoms with Gasteiger partial charge in [-0.3, -0.25) is 19.7 Å². The fourth-order valence-electron chi connectivity index (χ4n) is 2.94. The molecule has 1 atom stereocenters. The molecule has 0 bridgehead atoms. The minimum absolute atomic E-state index is 0.128. The Kier molecular flexibility index (Phi) is 6.42. The molecule has 0 radical (unpaired) electrons. The average molecular weight is 419 g/mol. The number of nitrogens with one attached hydrogen (secondary N) is 2. The number of aliphatic hydroxyl groups is 1. The Morgan fingerprint density at radius 1 is 0.903 bits per heavy atom. The highest BCUT2D eigenvalue weighted by molar-refractivity contribution is 6.39. The van der Waals surface area contributed by atoms with Crippen LogP contribution in [0, 0.1) is 10.1 Å². The van der Waals surface area contributed by atoms with E-state index in [0.29, 0.717) is 5.56 Å². The predicted octanol–water partition coefficient (Wildman–Crippen LogP) is 3.22. The molecule has 3 aromatic carbocycles. The average Bonchev–Trinajstić information content (AvgIpc) is 2.78. The maximum atomic E-state index is 12.1. The summed E-state index contributed by atoms with van der Waals surface area (Å²) in [7, 11) is 0. The normalized spacial score (nSPS) is 12.5. The van der Waals surface area contributed by atoms with Crippen LogP contribution in [0.3, 0.4) is 0 Å². The van der Waals surface area contributed by atoms with Crippen LogP contribution in [0.1, 0.15) is 12.5 Å². The van der Waals surface area contributed by atoms with Crippen LogP contribution in [0.5, 0.6) is 0 Å². The van der Waals surface area contributed by atoms with Gasteiger partial charge in [0.2, 0.25) is 0 Å². The molecule has 8 nitrogen and oxygen atoms in total. The predicted molar refractivity (Wildman–Crippen MR) is 116 cm³/mol. The van der Waals surface area contributed by atoms with Crippen LogP contribution < -0.4 is 10.6 Å². The second-order valence-electron chi connectivity index (χ2n) is 7.16. The number of benzene rings is 3. The van der Waals surface area contributed by atoms with Gasteiger partial charge in [0, 0.05) is 17.8 Å². The molecule has 158 valence electrons. The standard InChI is InChI=1S/C23H21N3O5/c1-23(29,18-9-7-17(8-10-18)16-5-3-2-4-6-16)15-24-21(27)22(28)25-19-11-13-20(14-12-19)26(30)31/h2-14,29H,15H2,1H3,(H,24,27)(H,25,28). The van der Waals surface area contributed by atoms with E-state index in [2.05, 4.69) is 10.6 Å². The second-order valence-corrected chi connectivity index (χ2v) is 7.16. The topological polar surface area (TPSA) is 122 Å². The number of carbonyl (C=O) groups is 2. The van der Waals surface area contributed by atoms with E-state index in [1.165, 1.54) is 24.3 Å². The molecular weight excluding hydrogens is 398 g/mol. The number of rotatable bonds is 6. The van der Waals surface area contributed by atoms with Crippen molar-refractivity contribution in [2.75, 3.05) is 11.9 Å². The molecule has 0 saturated heterocycles. The monoisotopic (exact) mass is 419 g/mol. The summed E-state index contributed by atoms with van der Waals surface area (Å²) in [4.78, 5) is 34.2. The van der Waals surface area contributed by atoms with Crippen molar-refractivity contribution in [2.24, 2.45) is 0 Å². The first-order valence-corrected chi connectivity index (χ1v) is 9.48. The van der Waals surface area contributed by atoms with Crippen LogP contribution in [0.25, 0.3) is 11.1 Å². The minimum atomic E-state index is -1.39. The lowest BCUT2D eigenvalue weighted by molar-refractivity contribution is -0.384. The van der Waals surface area contributed by atoms with Gasteiger partial charge in [-0.25, -0.2) is 0 Å². The third-order valence-electron chi connectivity index (χ3n) is 4.75. The summed E-state index contributed by atoms with van der Waals surface area (Å²) in [6.45, 7) is 1.36. The van der Waals surface area contributed by atoms with Gasteiger partial charge in [0.05, 0.1) is 11.5 Å². The van der Waals surface area contributed by atoms with Crippen molar-refractivity contribution in [3.8, 4) is 11.1 Å². The Hall–Kier alpha value is -4.04. The SMILES string of the molecule is CC(O)(CNC(=O)C(=O)Nc1ccc([N+](=O)[O-])cc1)c1ccc(-c2ccccc2)cc1. The van der Waals surface area contributed by atoms with Gasteiger partial charge >= 0.3 is 11.8 Å². The van der Waals surface area contributed by atoms with Gasteiger partial charge in [0.1, 0.15) is 5.60 Å². The van der Waals surface area contributed by atoms with Gasteiger partial charge < -0.3 is 15.7 Å². The molecule has 0 saturated carbocycles. The maximum absolute atomic E-state index is 12.1. The van der Waals surface area contributed by atoms with E-state index in [0.717, 1.165) is 11.1 Å². The lowest BCUT2D eigenvalue weighted by Gasteiger charge is -2.24. The van der Waals surface area contributed by atoms with Gasteiger partial charge in [-0.2, -0.15) is 0 Å². The van der Waals surface area contributed by atoms with Crippen LogP contribution in [0.2, 0.25) is 0 Å². The van der Waals surface area contributed by atoms with E-state index in [4.69, 9.17) is 0 Å². The van der Waals surface area contributed by atoms with Crippen LogP contribution >= 0.6 is 0 Å². The number of hydrogen-bond donors (Lipinski definition) is 3. The van der Waals surface area contributed by atoms with Crippen molar-refractivity contribution in [1.29, 1.82) is 0 Å². The van der Waals surface area contributed by atoms with Gasteiger partial charge in [-0.1, -0.05) is 54.6 Å².